The topological polar surface area (TPSA) is 93.1 Å². The first-order chi connectivity index (χ1) is 10.9. The van der Waals surface area contributed by atoms with E-state index in [-0.39, 0.29) is 5.56 Å². The van der Waals surface area contributed by atoms with Crippen LogP contribution in [-0.4, -0.2) is 33.3 Å². The van der Waals surface area contributed by atoms with E-state index >= 15 is 0 Å². The van der Waals surface area contributed by atoms with E-state index in [2.05, 4.69) is 15.6 Å². The molecule has 0 aliphatic heterocycles. The number of carbonyl (C=O) groups excluding carboxylic acids is 2. The van der Waals surface area contributed by atoms with Gasteiger partial charge < -0.3 is 5.32 Å². The molecule has 8 heteroatoms. The molecule has 0 bridgehead atoms. The molecule has 0 aliphatic carbocycles. The molecule has 0 fully saturated rings. The van der Waals surface area contributed by atoms with Gasteiger partial charge >= 0.3 is 6.03 Å². The predicted molar refractivity (Wildman–Crippen MR) is 89.5 cm³/mol. The average molecular weight is 334 g/mol. The first-order valence-corrected chi connectivity index (χ1v) is 8.03. The normalized spacial score (nSPS) is 12.0. The summed E-state index contributed by atoms with van der Waals surface area (Å²) in [5.74, 6) is -0.441. The number of carbonyl (C=O) groups is 2. The zero-order valence-electron chi connectivity index (χ0n) is 13.1. The molecule has 7 nitrogen and oxygen atoms in total. The number of thioether (sulfide) groups is 1. The Morgan fingerprint density at radius 2 is 2.04 bits per heavy atom. The number of hydrogen-bond donors (Lipinski definition) is 2. The van der Waals surface area contributed by atoms with Crippen molar-refractivity contribution < 1.29 is 9.59 Å². The molecule has 0 aliphatic rings. The SMILES string of the molecule is CCNC(=O)NC(=O)[C@H](C)Sc1nc2ccccc2c(=O)n1C. The highest BCUT2D eigenvalue weighted by atomic mass is 32.2. The maximum Gasteiger partial charge on any atom is 0.321 e. The predicted octanol–water partition coefficient (Wildman–Crippen LogP) is 1.26. The third-order valence-electron chi connectivity index (χ3n) is 3.17. The molecule has 0 saturated heterocycles. The number of urea groups is 1. The molecule has 0 radical (unpaired) electrons. The van der Waals surface area contributed by atoms with Crippen LogP contribution in [0.5, 0.6) is 0 Å². The number of para-hydroxylation sites is 1. The summed E-state index contributed by atoms with van der Waals surface area (Å²) in [6.07, 6.45) is 0. The molecule has 0 spiro atoms. The van der Waals surface area contributed by atoms with Gasteiger partial charge in [-0.1, -0.05) is 23.9 Å². The lowest BCUT2D eigenvalue weighted by Gasteiger charge is -2.13. The fraction of sp³-hybridized carbons (Fsp3) is 0.333. The number of hydrogen-bond acceptors (Lipinski definition) is 5. The molecule has 0 saturated carbocycles. The van der Waals surface area contributed by atoms with Gasteiger partial charge in [-0.25, -0.2) is 9.78 Å². The number of fused-ring (bicyclic) bond motifs is 1. The zero-order chi connectivity index (χ0) is 17.0. The molecule has 0 unspecified atom stereocenters. The lowest BCUT2D eigenvalue weighted by molar-refractivity contribution is -0.119. The number of nitrogens with one attached hydrogen (secondary N) is 2. The summed E-state index contributed by atoms with van der Waals surface area (Å²) in [4.78, 5) is 40.1. The van der Waals surface area contributed by atoms with Crippen molar-refractivity contribution in [2.24, 2.45) is 7.05 Å². The maximum absolute atomic E-state index is 12.3. The van der Waals surface area contributed by atoms with Gasteiger partial charge in [0.05, 0.1) is 16.2 Å². The number of rotatable bonds is 4. The molecule has 3 amide bonds. The van der Waals surface area contributed by atoms with Gasteiger partial charge in [-0.05, 0) is 26.0 Å². The summed E-state index contributed by atoms with van der Waals surface area (Å²) in [6.45, 7) is 3.85. The first kappa shape index (κ1) is 17.0. The van der Waals surface area contributed by atoms with Gasteiger partial charge in [0.1, 0.15) is 0 Å². The van der Waals surface area contributed by atoms with E-state index < -0.39 is 17.2 Å². The van der Waals surface area contributed by atoms with Crippen molar-refractivity contribution in [1.82, 2.24) is 20.2 Å². The standard InChI is InChI=1S/C15H18N4O3S/c1-4-16-14(22)18-12(20)9(2)23-15-17-11-8-6-5-7-10(11)13(21)19(15)3/h5-9H,4H2,1-3H3,(H2,16,18,20,22)/t9-/m0/s1. The third kappa shape index (κ3) is 3.89. The molecular formula is C15H18N4O3S. The summed E-state index contributed by atoms with van der Waals surface area (Å²) >= 11 is 1.13. The molecule has 1 aromatic carbocycles. The molecule has 122 valence electrons. The Morgan fingerprint density at radius 1 is 1.35 bits per heavy atom. The van der Waals surface area contributed by atoms with Crippen LogP contribution in [0.4, 0.5) is 4.79 Å². The molecule has 1 heterocycles. The van der Waals surface area contributed by atoms with Gasteiger partial charge in [0.15, 0.2) is 5.16 Å². The Balaban J connectivity index is 2.21. The summed E-state index contributed by atoms with van der Waals surface area (Å²) in [6, 6.07) is 6.50. The Morgan fingerprint density at radius 3 is 2.74 bits per heavy atom. The van der Waals surface area contributed by atoms with E-state index in [4.69, 9.17) is 0 Å². The molecule has 1 aromatic heterocycles. The Kier molecular flexibility index (Phi) is 5.38. The van der Waals surface area contributed by atoms with Crippen molar-refractivity contribution >= 4 is 34.6 Å². The number of aromatic nitrogens is 2. The monoisotopic (exact) mass is 334 g/mol. The lowest BCUT2D eigenvalue weighted by atomic mass is 10.2. The van der Waals surface area contributed by atoms with Gasteiger partial charge in [0.2, 0.25) is 5.91 Å². The Bertz CT molecular complexity index is 803. The van der Waals surface area contributed by atoms with E-state index in [1.54, 1.807) is 45.2 Å². The highest BCUT2D eigenvalue weighted by Crippen LogP contribution is 2.21. The van der Waals surface area contributed by atoms with E-state index in [0.717, 1.165) is 11.8 Å². The summed E-state index contributed by atoms with van der Waals surface area (Å²) in [5, 5.41) is 5.11. The molecule has 23 heavy (non-hydrogen) atoms. The van der Waals surface area contributed by atoms with Gasteiger partial charge in [-0.15, -0.1) is 0 Å². The van der Waals surface area contributed by atoms with Crippen LogP contribution in [0.15, 0.2) is 34.2 Å². The third-order valence-corrected chi connectivity index (χ3v) is 4.31. The minimum atomic E-state index is -0.572. The zero-order valence-corrected chi connectivity index (χ0v) is 13.9. The summed E-state index contributed by atoms with van der Waals surface area (Å²) in [7, 11) is 1.61. The van der Waals surface area contributed by atoms with Crippen molar-refractivity contribution in [3.05, 3.63) is 34.6 Å². The Labute approximate surface area is 137 Å². The number of imide groups is 1. The molecule has 2 aromatic rings. The van der Waals surface area contributed by atoms with Gasteiger partial charge in [-0.2, -0.15) is 0 Å². The van der Waals surface area contributed by atoms with Gasteiger partial charge in [0.25, 0.3) is 5.56 Å². The fourth-order valence-corrected chi connectivity index (χ4v) is 2.81. The smallest absolute Gasteiger partial charge is 0.321 e. The second kappa shape index (κ2) is 7.28. The van der Waals surface area contributed by atoms with Crippen molar-refractivity contribution in [1.29, 1.82) is 0 Å². The van der Waals surface area contributed by atoms with Crippen LogP contribution in [0.3, 0.4) is 0 Å². The summed E-state index contributed by atoms with van der Waals surface area (Å²) in [5.41, 5.74) is 0.406. The second-order valence-electron chi connectivity index (χ2n) is 4.88. The van der Waals surface area contributed by atoms with E-state index in [9.17, 15) is 14.4 Å². The fourth-order valence-electron chi connectivity index (χ4n) is 1.93. The van der Waals surface area contributed by atoms with Gasteiger partial charge in [0, 0.05) is 13.6 Å². The maximum atomic E-state index is 12.3. The van der Waals surface area contributed by atoms with Crippen LogP contribution < -0.4 is 16.2 Å². The molecule has 2 N–H and O–H groups in total. The molecular weight excluding hydrogens is 316 g/mol. The van der Waals surface area contributed by atoms with E-state index in [1.165, 1.54) is 4.57 Å². The molecule has 2 rings (SSSR count). The van der Waals surface area contributed by atoms with E-state index in [0.29, 0.717) is 22.6 Å². The van der Waals surface area contributed by atoms with Gasteiger partial charge in [-0.3, -0.25) is 19.5 Å². The second-order valence-corrected chi connectivity index (χ2v) is 6.19. The van der Waals surface area contributed by atoms with Crippen LogP contribution in [0.2, 0.25) is 0 Å². The Hall–Kier alpha value is -2.35. The van der Waals surface area contributed by atoms with Crippen LogP contribution >= 0.6 is 11.8 Å². The van der Waals surface area contributed by atoms with Crippen molar-refractivity contribution in [3.63, 3.8) is 0 Å². The highest BCUT2D eigenvalue weighted by molar-refractivity contribution is 8.00. The lowest BCUT2D eigenvalue weighted by Crippen LogP contribution is -2.42. The van der Waals surface area contributed by atoms with Crippen LogP contribution in [0, 0.1) is 0 Å². The quantitative estimate of drug-likeness (QED) is 0.648. The van der Waals surface area contributed by atoms with Crippen molar-refractivity contribution in [3.8, 4) is 0 Å². The van der Waals surface area contributed by atoms with Crippen molar-refractivity contribution in [2.45, 2.75) is 24.3 Å². The number of benzene rings is 1. The highest BCUT2D eigenvalue weighted by Gasteiger charge is 2.19. The first-order valence-electron chi connectivity index (χ1n) is 7.15. The van der Waals surface area contributed by atoms with Crippen LogP contribution in [0.1, 0.15) is 13.8 Å². The average Bonchev–Trinajstić information content (AvgIpc) is 2.52. The minimum Gasteiger partial charge on any atom is -0.338 e. The molecule has 1 atom stereocenters. The number of amides is 3. The van der Waals surface area contributed by atoms with E-state index in [1.807, 2.05) is 0 Å². The largest absolute Gasteiger partial charge is 0.338 e. The number of nitrogens with zero attached hydrogens (tertiary/aromatic N) is 2. The van der Waals surface area contributed by atoms with Crippen LogP contribution in [0.25, 0.3) is 10.9 Å². The summed E-state index contributed by atoms with van der Waals surface area (Å²) < 4.78 is 1.41. The van der Waals surface area contributed by atoms with Crippen LogP contribution in [-0.2, 0) is 11.8 Å². The minimum absolute atomic E-state index is 0.172. The van der Waals surface area contributed by atoms with Crippen molar-refractivity contribution in [2.75, 3.05) is 6.54 Å².